The zero-order valence-electron chi connectivity index (χ0n) is 23.8. The van der Waals surface area contributed by atoms with E-state index in [2.05, 4.69) is 31.7 Å². The number of oxazole rings is 1. The number of hydrogen-bond acceptors (Lipinski definition) is 9. The van der Waals surface area contributed by atoms with E-state index in [1.807, 2.05) is 63.2 Å². The maximum atomic E-state index is 13.9. The number of benzene rings is 2. The Bertz CT molecular complexity index is 1600. The minimum Gasteiger partial charge on any atom is -0.469 e. The van der Waals surface area contributed by atoms with E-state index in [-0.39, 0.29) is 30.5 Å². The summed E-state index contributed by atoms with van der Waals surface area (Å²) in [7, 11) is 1.21. The zero-order chi connectivity index (χ0) is 29.6. The molecular formula is C31H32N4O7. The molecule has 0 fully saturated rings. The molecule has 2 bridgehead atoms. The molecule has 2 amide bonds. The van der Waals surface area contributed by atoms with Crippen LogP contribution in [0.5, 0.6) is 5.75 Å². The predicted octanol–water partition coefficient (Wildman–Crippen LogP) is 4.02. The summed E-state index contributed by atoms with van der Waals surface area (Å²) >= 11 is 0. The molecule has 11 heteroatoms. The Hall–Kier alpha value is -4.80. The lowest BCUT2D eigenvalue weighted by molar-refractivity contribution is -0.130. The van der Waals surface area contributed by atoms with Gasteiger partial charge in [-0.2, -0.15) is 0 Å². The first-order valence-electron chi connectivity index (χ1n) is 13.7. The van der Waals surface area contributed by atoms with E-state index >= 15 is 0 Å². The number of carbonyl (C=O) groups excluding carboxylic acids is 3. The van der Waals surface area contributed by atoms with Crippen molar-refractivity contribution in [3.63, 3.8) is 0 Å². The molecular weight excluding hydrogens is 540 g/mol. The highest BCUT2D eigenvalue weighted by Gasteiger charge is 2.55. The maximum Gasteiger partial charge on any atom is 0.508 e. The third-order valence-corrected chi connectivity index (χ3v) is 7.80. The van der Waals surface area contributed by atoms with Gasteiger partial charge in [0.15, 0.2) is 6.23 Å². The summed E-state index contributed by atoms with van der Waals surface area (Å²) < 4.78 is 21.8. The molecule has 3 aliphatic heterocycles. The average Bonchev–Trinajstić information content (AvgIpc) is 3.63. The first kappa shape index (κ1) is 27.4. The Kier molecular flexibility index (Phi) is 6.67. The van der Waals surface area contributed by atoms with Crippen LogP contribution in [-0.2, 0) is 37.5 Å². The summed E-state index contributed by atoms with van der Waals surface area (Å²) in [5.74, 6) is 0.136. The predicted molar refractivity (Wildman–Crippen MR) is 151 cm³/mol. The van der Waals surface area contributed by atoms with E-state index in [0.717, 1.165) is 22.4 Å². The normalized spacial score (nSPS) is 22.9. The van der Waals surface area contributed by atoms with Crippen molar-refractivity contribution in [1.82, 2.24) is 15.6 Å². The standard InChI is InChI=1S/C31H32N4O7/c1-30(2,3)25-26(37)33-22(27-32-18(15-40-27)16-41-29(38)39-4)14-31-19-7-5-6-8-21(19)34-28(31)42-23-11-9-17(13-20(23)31)10-12-24(36)35-25/h5-9,11,13-15,25,28,34H,10,12,16H2,1-4H3,(H,33,37)(H,35,36). The summed E-state index contributed by atoms with van der Waals surface area (Å²) in [6.07, 6.45) is 2.58. The Labute approximate surface area is 242 Å². The van der Waals surface area contributed by atoms with E-state index < -0.39 is 35.2 Å². The molecule has 0 saturated heterocycles. The van der Waals surface area contributed by atoms with Gasteiger partial charge in [-0.25, -0.2) is 9.78 Å². The lowest BCUT2D eigenvalue weighted by Gasteiger charge is -2.31. The fourth-order valence-electron chi connectivity index (χ4n) is 5.73. The highest BCUT2D eigenvalue weighted by molar-refractivity contribution is 5.94. The van der Waals surface area contributed by atoms with Crippen LogP contribution >= 0.6 is 0 Å². The fourth-order valence-corrected chi connectivity index (χ4v) is 5.73. The quantitative estimate of drug-likeness (QED) is 0.397. The van der Waals surface area contributed by atoms with Crippen LogP contribution in [0.3, 0.4) is 0 Å². The number of methoxy groups -OCH3 is 1. The van der Waals surface area contributed by atoms with E-state index in [4.69, 9.17) is 13.9 Å². The summed E-state index contributed by atoms with van der Waals surface area (Å²) in [6.45, 7) is 5.47. The number of hydrogen-bond donors (Lipinski definition) is 3. The molecule has 2 aromatic carbocycles. The van der Waals surface area contributed by atoms with Crippen LogP contribution in [0.1, 0.15) is 55.5 Å². The van der Waals surface area contributed by atoms with Gasteiger partial charge in [0.25, 0.3) is 0 Å². The Morgan fingerprint density at radius 2 is 1.90 bits per heavy atom. The monoisotopic (exact) mass is 572 g/mol. The molecule has 0 radical (unpaired) electrons. The molecule has 3 aromatic rings. The van der Waals surface area contributed by atoms with E-state index in [0.29, 0.717) is 17.9 Å². The highest BCUT2D eigenvalue weighted by atomic mass is 16.7. The number of nitrogens with zero attached hydrogens (tertiary/aromatic N) is 1. The number of fused-ring (bicyclic) bond motifs is 2. The number of aryl methyl sites for hydroxylation is 1. The van der Waals surface area contributed by atoms with E-state index in [1.165, 1.54) is 13.4 Å². The second-order valence-electron chi connectivity index (χ2n) is 11.7. The van der Waals surface area contributed by atoms with Gasteiger partial charge in [0.05, 0.1) is 7.11 Å². The van der Waals surface area contributed by atoms with Crippen molar-refractivity contribution >= 4 is 29.4 Å². The van der Waals surface area contributed by atoms with Crippen LogP contribution < -0.4 is 20.7 Å². The van der Waals surface area contributed by atoms with E-state index in [1.54, 1.807) is 0 Å². The van der Waals surface area contributed by atoms with Crippen LogP contribution in [0.15, 0.2) is 59.2 Å². The minimum atomic E-state index is -0.871. The lowest BCUT2D eigenvalue weighted by atomic mass is 9.74. The molecule has 3 aliphatic rings. The first-order chi connectivity index (χ1) is 20.1. The molecule has 218 valence electrons. The van der Waals surface area contributed by atoms with Gasteiger partial charge in [0.1, 0.15) is 41.5 Å². The number of rotatable bonds is 3. The van der Waals surface area contributed by atoms with Crippen molar-refractivity contribution < 1.29 is 33.0 Å². The number of aromatic nitrogens is 1. The second kappa shape index (κ2) is 10.2. The van der Waals surface area contributed by atoms with Gasteiger partial charge in [-0.3, -0.25) is 9.59 Å². The van der Waals surface area contributed by atoms with Crippen molar-refractivity contribution in [1.29, 1.82) is 0 Å². The van der Waals surface area contributed by atoms with Crippen molar-refractivity contribution in [3.8, 4) is 5.75 Å². The Balaban J connectivity index is 1.54. The smallest absolute Gasteiger partial charge is 0.469 e. The molecule has 1 aromatic heterocycles. The van der Waals surface area contributed by atoms with Gasteiger partial charge < -0.3 is 34.6 Å². The zero-order valence-corrected chi connectivity index (χ0v) is 23.8. The summed E-state index contributed by atoms with van der Waals surface area (Å²) in [5, 5.41) is 9.42. The highest BCUT2D eigenvalue weighted by Crippen LogP contribution is 2.55. The van der Waals surface area contributed by atoms with E-state index in [9.17, 15) is 14.4 Å². The lowest BCUT2D eigenvalue weighted by Crippen LogP contribution is -2.53. The van der Waals surface area contributed by atoms with Crippen molar-refractivity contribution in [3.05, 3.63) is 83.1 Å². The molecule has 1 spiro atoms. The molecule has 42 heavy (non-hydrogen) atoms. The SMILES string of the molecule is COC(=O)OCc1coc(C2=CC34c5ccccc5NC3Oc3ccc(cc34)CCC(=O)NC(C(C)(C)C)C(=O)N2)n1. The van der Waals surface area contributed by atoms with Gasteiger partial charge >= 0.3 is 6.16 Å². The molecule has 0 saturated carbocycles. The van der Waals surface area contributed by atoms with Gasteiger partial charge in [-0.1, -0.05) is 51.1 Å². The third kappa shape index (κ3) is 4.74. The van der Waals surface area contributed by atoms with Crippen LogP contribution in [0.25, 0.3) is 5.70 Å². The topological polar surface area (TPSA) is 141 Å². The number of anilines is 1. The number of ether oxygens (including phenoxy) is 3. The number of carbonyl (C=O) groups is 3. The van der Waals surface area contributed by atoms with Crippen LogP contribution in [0.2, 0.25) is 0 Å². The number of nitrogens with one attached hydrogen (secondary N) is 3. The molecule has 3 atom stereocenters. The van der Waals surface area contributed by atoms with Crippen molar-refractivity contribution in [2.24, 2.45) is 5.41 Å². The maximum absolute atomic E-state index is 13.9. The summed E-state index contributed by atoms with van der Waals surface area (Å²) in [5.41, 5.74) is 2.83. The van der Waals surface area contributed by atoms with Gasteiger partial charge in [0.2, 0.25) is 17.7 Å². The largest absolute Gasteiger partial charge is 0.508 e. The summed E-state index contributed by atoms with van der Waals surface area (Å²) in [6, 6.07) is 13.0. The molecule has 11 nitrogen and oxygen atoms in total. The van der Waals surface area contributed by atoms with Crippen LogP contribution in [0.4, 0.5) is 10.5 Å². The molecule has 4 heterocycles. The number of amides is 2. The van der Waals surface area contributed by atoms with Crippen molar-refractivity contribution in [2.45, 2.75) is 57.9 Å². The fraction of sp³-hybridized carbons (Fsp3) is 0.355. The number of para-hydroxylation sites is 1. The first-order valence-corrected chi connectivity index (χ1v) is 13.7. The average molecular weight is 573 g/mol. The van der Waals surface area contributed by atoms with Gasteiger partial charge in [0, 0.05) is 17.7 Å². The van der Waals surface area contributed by atoms with Crippen LogP contribution in [0, 0.1) is 5.41 Å². The third-order valence-electron chi connectivity index (χ3n) is 7.80. The molecule has 0 aliphatic carbocycles. The van der Waals surface area contributed by atoms with Crippen molar-refractivity contribution in [2.75, 3.05) is 12.4 Å². The summed E-state index contributed by atoms with van der Waals surface area (Å²) in [4.78, 5) is 43.0. The minimum absolute atomic E-state index is 0.0998. The van der Waals surface area contributed by atoms with Gasteiger partial charge in [-0.15, -0.1) is 0 Å². The second-order valence-corrected chi connectivity index (χ2v) is 11.7. The van der Waals surface area contributed by atoms with Gasteiger partial charge in [-0.05, 0) is 41.2 Å². The van der Waals surface area contributed by atoms with Crippen LogP contribution in [-0.4, -0.2) is 42.3 Å². The molecule has 6 rings (SSSR count). The Morgan fingerprint density at radius 3 is 2.69 bits per heavy atom. The molecule has 3 unspecified atom stereocenters. The molecule has 3 N–H and O–H groups in total. The Morgan fingerprint density at radius 1 is 1.10 bits per heavy atom.